The number of urea groups is 1. The maximum Gasteiger partial charge on any atom is 0.319 e. The zero-order valence-electron chi connectivity index (χ0n) is 21.6. The molecule has 2 aromatic carbocycles. The first-order valence-electron chi connectivity index (χ1n) is 11.6. The van der Waals surface area contributed by atoms with E-state index in [-0.39, 0.29) is 6.03 Å². The Bertz CT molecular complexity index is 1100. The van der Waals surface area contributed by atoms with E-state index in [2.05, 4.69) is 33.6 Å². The van der Waals surface area contributed by atoms with E-state index in [0.29, 0.717) is 60.3 Å². The van der Waals surface area contributed by atoms with Crippen LogP contribution in [0.4, 0.5) is 21.9 Å². The molecule has 0 aliphatic heterocycles. The van der Waals surface area contributed by atoms with Crippen LogP contribution in [0.3, 0.4) is 0 Å². The van der Waals surface area contributed by atoms with Gasteiger partial charge in [-0.05, 0) is 51.5 Å². The molecule has 0 bridgehead atoms. The number of methoxy groups -OCH3 is 2. The average Bonchev–Trinajstić information content (AvgIpc) is 2.85. The molecule has 0 unspecified atom stereocenters. The van der Waals surface area contributed by atoms with Crippen LogP contribution in [0.15, 0.2) is 48.0 Å². The Morgan fingerprint density at radius 3 is 2.39 bits per heavy atom. The van der Waals surface area contributed by atoms with Crippen LogP contribution in [0.25, 0.3) is 5.70 Å². The van der Waals surface area contributed by atoms with Crippen LogP contribution >= 0.6 is 0 Å². The number of anilines is 2. The number of carbonyl (C=O) groups is 1. The van der Waals surface area contributed by atoms with E-state index in [4.69, 9.17) is 19.5 Å². The Labute approximate surface area is 213 Å². The molecular weight excluding hydrogens is 458 g/mol. The van der Waals surface area contributed by atoms with Crippen LogP contribution in [0.2, 0.25) is 0 Å². The fourth-order valence-corrected chi connectivity index (χ4v) is 3.20. The summed E-state index contributed by atoms with van der Waals surface area (Å²) in [5, 5.41) is 17.9. The van der Waals surface area contributed by atoms with Gasteiger partial charge in [-0.1, -0.05) is 6.58 Å². The zero-order valence-corrected chi connectivity index (χ0v) is 21.6. The molecule has 0 aliphatic carbocycles. The molecule has 2 rings (SSSR count). The predicted molar refractivity (Wildman–Crippen MR) is 144 cm³/mol. The van der Waals surface area contributed by atoms with Crippen molar-refractivity contribution < 1.29 is 19.0 Å². The minimum Gasteiger partial charge on any atom is -0.496 e. The molecule has 0 fully saturated rings. The summed E-state index contributed by atoms with van der Waals surface area (Å²) in [5.41, 5.74) is 2.87. The summed E-state index contributed by atoms with van der Waals surface area (Å²) in [7, 11) is 3.20. The van der Waals surface area contributed by atoms with E-state index >= 15 is 0 Å². The number of nitriles is 1. The summed E-state index contributed by atoms with van der Waals surface area (Å²) < 4.78 is 16.4. The molecule has 3 N–H and O–H groups in total. The lowest BCUT2D eigenvalue weighted by Crippen LogP contribution is -2.31. The fourth-order valence-electron chi connectivity index (χ4n) is 3.20. The molecule has 192 valence electrons. The smallest absolute Gasteiger partial charge is 0.319 e. The Hall–Kier alpha value is -4.03. The summed E-state index contributed by atoms with van der Waals surface area (Å²) in [6.45, 7) is 11.0. The van der Waals surface area contributed by atoms with E-state index in [0.717, 1.165) is 5.69 Å². The van der Waals surface area contributed by atoms with Crippen molar-refractivity contribution in [2.45, 2.75) is 27.2 Å². The average molecular weight is 494 g/mol. The van der Waals surface area contributed by atoms with Gasteiger partial charge >= 0.3 is 6.03 Å². The van der Waals surface area contributed by atoms with Gasteiger partial charge < -0.3 is 30.2 Å². The third-order valence-corrected chi connectivity index (χ3v) is 5.18. The molecule has 0 atom stereocenters. The Morgan fingerprint density at radius 2 is 1.81 bits per heavy atom. The number of carbonyl (C=O) groups excluding carboxylic acids is 1. The SMILES string of the molecule is C=C(Nc1ccc(NC(=O)NCCC(C)(C)C#N)cc1)c1c(N=CC)cc(OCCOC)cc1OC. The molecule has 0 aromatic heterocycles. The van der Waals surface area contributed by atoms with Crippen molar-refractivity contribution in [2.75, 3.05) is 44.6 Å². The minimum absolute atomic E-state index is 0.325. The van der Waals surface area contributed by atoms with Crippen molar-refractivity contribution in [3.8, 4) is 17.6 Å². The maximum absolute atomic E-state index is 12.1. The van der Waals surface area contributed by atoms with Crippen LogP contribution in [0.5, 0.6) is 11.5 Å². The first kappa shape index (κ1) is 28.2. The highest BCUT2D eigenvalue weighted by atomic mass is 16.5. The second kappa shape index (κ2) is 13.8. The molecule has 2 amide bonds. The van der Waals surface area contributed by atoms with Crippen molar-refractivity contribution in [1.29, 1.82) is 5.26 Å². The largest absolute Gasteiger partial charge is 0.496 e. The van der Waals surface area contributed by atoms with Crippen LogP contribution in [0, 0.1) is 16.7 Å². The molecular formula is C27H35N5O4. The number of amides is 2. The molecule has 0 saturated heterocycles. The van der Waals surface area contributed by atoms with Gasteiger partial charge in [-0.15, -0.1) is 0 Å². The quantitative estimate of drug-likeness (QED) is 0.247. The molecule has 2 aromatic rings. The normalized spacial score (nSPS) is 11.0. The van der Waals surface area contributed by atoms with Gasteiger partial charge in [-0.2, -0.15) is 5.26 Å². The number of hydrogen-bond acceptors (Lipinski definition) is 7. The first-order valence-corrected chi connectivity index (χ1v) is 11.6. The van der Waals surface area contributed by atoms with Gasteiger partial charge in [-0.25, -0.2) is 4.79 Å². The van der Waals surface area contributed by atoms with Crippen molar-refractivity contribution in [3.63, 3.8) is 0 Å². The number of ether oxygens (including phenoxy) is 3. The third kappa shape index (κ3) is 8.64. The highest BCUT2D eigenvalue weighted by molar-refractivity contribution is 5.90. The van der Waals surface area contributed by atoms with Gasteiger partial charge in [0.25, 0.3) is 0 Å². The topological polar surface area (TPSA) is 117 Å². The van der Waals surface area contributed by atoms with Gasteiger partial charge in [0.15, 0.2) is 0 Å². The summed E-state index contributed by atoms with van der Waals surface area (Å²) in [6, 6.07) is 12.7. The van der Waals surface area contributed by atoms with Crippen molar-refractivity contribution >= 4 is 35.0 Å². The summed E-state index contributed by atoms with van der Waals surface area (Å²) >= 11 is 0. The van der Waals surface area contributed by atoms with Crippen LogP contribution in [-0.4, -0.2) is 46.2 Å². The predicted octanol–water partition coefficient (Wildman–Crippen LogP) is 5.59. The van der Waals surface area contributed by atoms with Crippen molar-refractivity contribution in [2.24, 2.45) is 10.4 Å². The number of hydrogen-bond donors (Lipinski definition) is 3. The third-order valence-electron chi connectivity index (χ3n) is 5.18. The van der Waals surface area contributed by atoms with Crippen molar-refractivity contribution in [1.82, 2.24) is 5.32 Å². The Balaban J connectivity index is 2.08. The standard InChI is InChI=1S/C27H35N5O4/c1-7-29-23-16-22(36-15-14-34-5)17-24(35-6)25(23)19(2)31-20-8-10-21(11-9-20)32-26(33)30-13-12-27(3,4)18-28/h7-11,16-17,31H,2,12-15H2,1,3-6H3,(H2,30,32,33). The molecule has 0 saturated carbocycles. The molecule has 0 spiro atoms. The number of rotatable bonds is 13. The van der Waals surface area contributed by atoms with Gasteiger partial charge in [0.05, 0.1) is 36.5 Å². The van der Waals surface area contributed by atoms with E-state index in [1.165, 1.54) is 0 Å². The molecule has 36 heavy (non-hydrogen) atoms. The van der Waals surface area contributed by atoms with Gasteiger partial charge in [0, 0.05) is 49.1 Å². The fraction of sp³-hybridized carbons (Fsp3) is 0.370. The zero-order chi connectivity index (χ0) is 26.6. The summed E-state index contributed by atoms with van der Waals surface area (Å²) in [6.07, 6.45) is 2.26. The number of nitrogens with zero attached hydrogens (tertiary/aromatic N) is 2. The summed E-state index contributed by atoms with van der Waals surface area (Å²) in [5.74, 6) is 1.18. The van der Waals surface area contributed by atoms with Crippen LogP contribution in [-0.2, 0) is 4.74 Å². The number of aliphatic imine (C=N–C) groups is 1. The highest BCUT2D eigenvalue weighted by Gasteiger charge is 2.17. The lowest BCUT2D eigenvalue weighted by atomic mass is 9.92. The maximum atomic E-state index is 12.1. The molecule has 0 radical (unpaired) electrons. The Kier molecular flexibility index (Phi) is 10.8. The molecule has 9 heteroatoms. The molecule has 0 aliphatic rings. The molecule has 0 heterocycles. The minimum atomic E-state index is -0.481. The summed E-state index contributed by atoms with van der Waals surface area (Å²) in [4.78, 5) is 16.6. The van der Waals surface area contributed by atoms with Crippen LogP contribution in [0.1, 0.15) is 32.8 Å². The molecule has 9 nitrogen and oxygen atoms in total. The second-order valence-electron chi connectivity index (χ2n) is 8.56. The van der Waals surface area contributed by atoms with Gasteiger partial charge in [0.1, 0.15) is 18.1 Å². The van der Waals surface area contributed by atoms with E-state index < -0.39 is 5.41 Å². The monoisotopic (exact) mass is 493 g/mol. The lowest BCUT2D eigenvalue weighted by molar-refractivity contribution is 0.146. The van der Waals surface area contributed by atoms with Crippen LogP contribution < -0.4 is 25.4 Å². The van der Waals surface area contributed by atoms with Gasteiger partial charge in [0.2, 0.25) is 0 Å². The van der Waals surface area contributed by atoms with Crippen molar-refractivity contribution in [3.05, 3.63) is 48.5 Å². The second-order valence-corrected chi connectivity index (χ2v) is 8.56. The van der Waals surface area contributed by atoms with E-state index in [1.807, 2.05) is 39.0 Å². The number of nitrogens with one attached hydrogen (secondary N) is 3. The lowest BCUT2D eigenvalue weighted by Gasteiger charge is -2.18. The van der Waals surface area contributed by atoms with E-state index in [9.17, 15) is 4.79 Å². The highest BCUT2D eigenvalue weighted by Crippen LogP contribution is 2.39. The first-order chi connectivity index (χ1) is 17.2. The van der Waals surface area contributed by atoms with Gasteiger partial charge in [-0.3, -0.25) is 4.99 Å². The Morgan fingerprint density at radius 1 is 1.14 bits per heavy atom. The number of benzene rings is 2. The van der Waals surface area contributed by atoms with E-state index in [1.54, 1.807) is 38.6 Å².